The van der Waals surface area contributed by atoms with Gasteiger partial charge in [-0.3, -0.25) is 9.59 Å². The van der Waals surface area contributed by atoms with Crippen molar-refractivity contribution < 1.29 is 27.5 Å². The number of thioether (sulfide) groups is 1. The minimum absolute atomic E-state index is 0.0354. The molecule has 0 heterocycles. The van der Waals surface area contributed by atoms with Crippen LogP contribution in [0, 0.1) is 0 Å². The van der Waals surface area contributed by atoms with Crippen LogP contribution in [0.2, 0.25) is 0 Å². The predicted octanol–water partition coefficient (Wildman–Crippen LogP) is 3.33. The Hall–Kier alpha value is -3.54. The standard InChI is InChI=1S/C23H23N3O6S2/c1-31-20-11-6-15(12-21(20)32-2)23(28)26-17-4-3-5-18(13-17)33-14-22(27)25-16-7-9-19(10-8-16)34(24,29)30/h3-13H,14H2,1-2H3,(H,25,27)(H,26,28)(H2,24,29,30). The highest BCUT2D eigenvalue weighted by Gasteiger charge is 2.12. The normalized spacial score (nSPS) is 10.9. The molecule has 3 aromatic carbocycles. The van der Waals surface area contributed by atoms with E-state index in [1.807, 2.05) is 6.07 Å². The third-order valence-electron chi connectivity index (χ3n) is 4.57. The average molecular weight is 502 g/mol. The number of hydrogen-bond acceptors (Lipinski definition) is 7. The molecule has 0 aliphatic heterocycles. The van der Waals surface area contributed by atoms with Crippen LogP contribution in [0.25, 0.3) is 0 Å². The van der Waals surface area contributed by atoms with Crippen molar-refractivity contribution in [1.29, 1.82) is 0 Å². The highest BCUT2D eigenvalue weighted by Crippen LogP contribution is 2.28. The minimum atomic E-state index is -3.79. The van der Waals surface area contributed by atoms with E-state index in [0.29, 0.717) is 28.4 Å². The molecule has 34 heavy (non-hydrogen) atoms. The summed E-state index contributed by atoms with van der Waals surface area (Å²) >= 11 is 1.29. The Kier molecular flexibility index (Phi) is 8.16. The van der Waals surface area contributed by atoms with Crippen LogP contribution in [-0.4, -0.2) is 40.2 Å². The Morgan fingerprint density at radius 1 is 0.882 bits per heavy atom. The van der Waals surface area contributed by atoms with Crippen molar-refractivity contribution in [2.24, 2.45) is 5.14 Å². The summed E-state index contributed by atoms with van der Waals surface area (Å²) in [6, 6.07) is 17.6. The van der Waals surface area contributed by atoms with Gasteiger partial charge in [-0.05, 0) is 60.7 Å². The van der Waals surface area contributed by atoms with Gasteiger partial charge >= 0.3 is 0 Å². The second-order valence-electron chi connectivity index (χ2n) is 6.96. The minimum Gasteiger partial charge on any atom is -0.493 e. The molecule has 0 radical (unpaired) electrons. The molecule has 178 valence electrons. The molecule has 3 aromatic rings. The van der Waals surface area contributed by atoms with Crippen molar-refractivity contribution in [1.82, 2.24) is 0 Å². The molecule has 0 bridgehead atoms. The molecule has 0 atom stereocenters. The zero-order valence-electron chi connectivity index (χ0n) is 18.4. The molecule has 4 N–H and O–H groups in total. The number of methoxy groups -OCH3 is 2. The first-order chi connectivity index (χ1) is 16.2. The summed E-state index contributed by atoms with van der Waals surface area (Å²) in [5, 5.41) is 10.6. The summed E-state index contributed by atoms with van der Waals surface area (Å²) in [6.07, 6.45) is 0. The number of primary sulfonamides is 1. The smallest absolute Gasteiger partial charge is 0.255 e. The first-order valence-corrected chi connectivity index (χ1v) is 12.4. The molecule has 0 aliphatic rings. The van der Waals surface area contributed by atoms with Gasteiger partial charge in [0.1, 0.15) is 0 Å². The van der Waals surface area contributed by atoms with Crippen molar-refractivity contribution in [2.75, 3.05) is 30.6 Å². The molecule has 0 saturated heterocycles. The van der Waals surface area contributed by atoms with Gasteiger partial charge in [0.05, 0.1) is 24.9 Å². The fourth-order valence-electron chi connectivity index (χ4n) is 2.92. The van der Waals surface area contributed by atoms with Gasteiger partial charge in [-0.1, -0.05) is 6.07 Å². The average Bonchev–Trinajstić information content (AvgIpc) is 2.82. The Balaban J connectivity index is 1.58. The molecular weight excluding hydrogens is 478 g/mol. The van der Waals surface area contributed by atoms with E-state index in [1.54, 1.807) is 36.4 Å². The van der Waals surface area contributed by atoms with Crippen molar-refractivity contribution in [3.8, 4) is 11.5 Å². The van der Waals surface area contributed by atoms with Crippen LogP contribution >= 0.6 is 11.8 Å². The number of nitrogens with one attached hydrogen (secondary N) is 2. The Morgan fingerprint density at radius 3 is 2.24 bits per heavy atom. The lowest BCUT2D eigenvalue weighted by molar-refractivity contribution is -0.113. The number of hydrogen-bond donors (Lipinski definition) is 3. The molecule has 0 unspecified atom stereocenters. The van der Waals surface area contributed by atoms with E-state index < -0.39 is 10.0 Å². The summed E-state index contributed by atoms with van der Waals surface area (Å²) in [6.45, 7) is 0. The van der Waals surface area contributed by atoms with Crippen LogP contribution in [0.5, 0.6) is 11.5 Å². The molecule has 0 aromatic heterocycles. The van der Waals surface area contributed by atoms with Gasteiger partial charge in [0.2, 0.25) is 15.9 Å². The maximum Gasteiger partial charge on any atom is 0.255 e. The zero-order valence-corrected chi connectivity index (χ0v) is 20.0. The molecular formula is C23H23N3O6S2. The van der Waals surface area contributed by atoms with E-state index in [4.69, 9.17) is 14.6 Å². The van der Waals surface area contributed by atoms with E-state index >= 15 is 0 Å². The lowest BCUT2D eigenvalue weighted by atomic mass is 10.2. The molecule has 9 nitrogen and oxygen atoms in total. The van der Waals surface area contributed by atoms with Gasteiger partial charge in [0.25, 0.3) is 5.91 Å². The van der Waals surface area contributed by atoms with Crippen molar-refractivity contribution in [3.05, 3.63) is 72.3 Å². The lowest BCUT2D eigenvalue weighted by Crippen LogP contribution is -2.15. The van der Waals surface area contributed by atoms with Crippen molar-refractivity contribution in [3.63, 3.8) is 0 Å². The van der Waals surface area contributed by atoms with Gasteiger partial charge in [-0.15, -0.1) is 11.8 Å². The number of benzene rings is 3. The SMILES string of the molecule is COc1ccc(C(=O)Nc2cccc(SCC(=O)Nc3ccc(S(N)(=O)=O)cc3)c2)cc1OC. The van der Waals surface area contributed by atoms with Gasteiger partial charge in [-0.25, -0.2) is 13.6 Å². The highest BCUT2D eigenvalue weighted by atomic mass is 32.2. The van der Waals surface area contributed by atoms with Crippen LogP contribution in [0.15, 0.2) is 76.5 Å². The van der Waals surface area contributed by atoms with Crippen LogP contribution in [-0.2, 0) is 14.8 Å². The topological polar surface area (TPSA) is 137 Å². The predicted molar refractivity (Wildman–Crippen MR) is 131 cm³/mol. The number of carbonyl (C=O) groups is 2. The monoisotopic (exact) mass is 501 g/mol. The Labute approximate surface area is 201 Å². The second kappa shape index (κ2) is 11.1. The van der Waals surface area contributed by atoms with E-state index in [9.17, 15) is 18.0 Å². The molecule has 0 saturated carbocycles. The molecule has 0 aliphatic carbocycles. The lowest BCUT2D eigenvalue weighted by Gasteiger charge is -2.11. The molecule has 0 spiro atoms. The number of ether oxygens (including phenoxy) is 2. The fraction of sp³-hybridized carbons (Fsp3) is 0.130. The number of carbonyl (C=O) groups excluding carboxylic acids is 2. The van der Waals surface area contributed by atoms with E-state index in [0.717, 1.165) is 4.90 Å². The quantitative estimate of drug-likeness (QED) is 0.383. The van der Waals surface area contributed by atoms with Gasteiger partial charge in [0.15, 0.2) is 11.5 Å². The van der Waals surface area contributed by atoms with Crippen molar-refractivity contribution >= 4 is 45.0 Å². The fourth-order valence-corrected chi connectivity index (χ4v) is 4.19. The number of amides is 2. The van der Waals surface area contributed by atoms with E-state index in [2.05, 4.69) is 10.6 Å². The number of sulfonamides is 1. The maximum atomic E-state index is 12.6. The van der Waals surface area contributed by atoms with E-state index in [-0.39, 0.29) is 22.5 Å². The summed E-state index contributed by atoms with van der Waals surface area (Å²) in [4.78, 5) is 25.6. The summed E-state index contributed by atoms with van der Waals surface area (Å²) in [5.74, 6) is 0.502. The molecule has 11 heteroatoms. The molecule has 3 rings (SSSR count). The summed E-state index contributed by atoms with van der Waals surface area (Å²) in [7, 11) is -0.775. The van der Waals surface area contributed by atoms with Crippen LogP contribution in [0.3, 0.4) is 0 Å². The second-order valence-corrected chi connectivity index (χ2v) is 9.57. The van der Waals surface area contributed by atoms with Gasteiger partial charge in [-0.2, -0.15) is 0 Å². The first kappa shape index (κ1) is 25.1. The number of anilines is 2. The van der Waals surface area contributed by atoms with Crippen LogP contribution < -0.4 is 25.2 Å². The number of nitrogens with two attached hydrogens (primary N) is 1. The Morgan fingerprint density at radius 2 is 1.59 bits per heavy atom. The number of rotatable bonds is 9. The largest absolute Gasteiger partial charge is 0.493 e. The third kappa shape index (κ3) is 6.73. The van der Waals surface area contributed by atoms with Crippen LogP contribution in [0.1, 0.15) is 10.4 Å². The van der Waals surface area contributed by atoms with Gasteiger partial charge in [0, 0.05) is 21.8 Å². The third-order valence-corrected chi connectivity index (χ3v) is 6.50. The first-order valence-electron chi connectivity index (χ1n) is 9.88. The van der Waals surface area contributed by atoms with Crippen molar-refractivity contribution in [2.45, 2.75) is 9.79 Å². The zero-order chi connectivity index (χ0) is 24.7. The summed E-state index contributed by atoms with van der Waals surface area (Å²) < 4.78 is 33.0. The van der Waals surface area contributed by atoms with E-state index in [1.165, 1.54) is 50.2 Å². The highest BCUT2D eigenvalue weighted by molar-refractivity contribution is 8.00. The molecule has 0 fully saturated rings. The van der Waals surface area contributed by atoms with Gasteiger partial charge < -0.3 is 20.1 Å². The maximum absolute atomic E-state index is 12.6. The molecule has 2 amide bonds. The van der Waals surface area contributed by atoms with Crippen LogP contribution in [0.4, 0.5) is 11.4 Å². The Bertz CT molecular complexity index is 1290. The summed E-state index contributed by atoms with van der Waals surface area (Å²) in [5.41, 5.74) is 1.43.